The summed E-state index contributed by atoms with van der Waals surface area (Å²) >= 11 is 1.51. The summed E-state index contributed by atoms with van der Waals surface area (Å²) in [5.74, 6) is 0.133. The minimum absolute atomic E-state index is 0.0116. The maximum atomic E-state index is 12.3. The van der Waals surface area contributed by atoms with Gasteiger partial charge in [-0.05, 0) is 48.8 Å². The first kappa shape index (κ1) is 18.5. The third-order valence-corrected chi connectivity index (χ3v) is 5.47. The first-order chi connectivity index (χ1) is 12.7. The highest BCUT2D eigenvalue weighted by Gasteiger charge is 2.27. The van der Waals surface area contributed by atoms with Crippen LogP contribution in [0.5, 0.6) is 0 Å². The average Bonchev–Trinajstić information content (AvgIpc) is 3.19. The van der Waals surface area contributed by atoms with Crippen LogP contribution in [-0.2, 0) is 11.2 Å². The van der Waals surface area contributed by atoms with Crippen molar-refractivity contribution in [2.45, 2.75) is 25.7 Å². The number of nitrogens with one attached hydrogen (secondary N) is 2. The molecule has 0 bridgehead atoms. The van der Waals surface area contributed by atoms with Crippen LogP contribution in [0, 0.1) is 5.92 Å². The van der Waals surface area contributed by atoms with E-state index >= 15 is 0 Å². The number of nitrogens with zero attached hydrogens (tertiary/aromatic N) is 1. The molecule has 5 nitrogen and oxygen atoms in total. The zero-order chi connectivity index (χ0) is 18.2. The summed E-state index contributed by atoms with van der Waals surface area (Å²) in [5, 5.41) is 8.73. The highest BCUT2D eigenvalue weighted by atomic mass is 32.1. The largest absolute Gasteiger partial charge is 0.356 e. The van der Waals surface area contributed by atoms with E-state index in [4.69, 9.17) is 0 Å². The monoisotopic (exact) mass is 371 g/mol. The maximum absolute atomic E-state index is 12.3. The molecule has 0 spiro atoms. The normalized spacial score (nSPS) is 14.8. The summed E-state index contributed by atoms with van der Waals surface area (Å²) in [6.45, 7) is 1.95. The van der Waals surface area contributed by atoms with Gasteiger partial charge in [0.05, 0.1) is 5.00 Å². The molecule has 2 N–H and O–H groups in total. The molecule has 0 saturated carbocycles. The molecule has 0 aliphatic carbocycles. The van der Waals surface area contributed by atoms with Crippen LogP contribution in [0.1, 0.15) is 24.8 Å². The number of aryl methyl sites for hydroxylation is 1. The zero-order valence-electron chi connectivity index (χ0n) is 14.8. The molecule has 3 amide bonds. The van der Waals surface area contributed by atoms with Gasteiger partial charge in [-0.25, -0.2) is 4.79 Å². The van der Waals surface area contributed by atoms with Crippen LogP contribution in [0.3, 0.4) is 0 Å². The van der Waals surface area contributed by atoms with Crippen molar-refractivity contribution in [2.75, 3.05) is 25.0 Å². The van der Waals surface area contributed by atoms with Gasteiger partial charge in [0, 0.05) is 25.6 Å². The SMILES string of the molecule is O=C(NCCCc1ccccc1)C1CCN(C(=O)Nc2cccs2)CC1. The van der Waals surface area contributed by atoms with E-state index in [1.165, 1.54) is 16.9 Å². The van der Waals surface area contributed by atoms with E-state index in [2.05, 4.69) is 22.8 Å². The van der Waals surface area contributed by atoms with E-state index in [0.29, 0.717) is 19.6 Å². The van der Waals surface area contributed by atoms with Crippen LogP contribution in [0.25, 0.3) is 0 Å². The van der Waals surface area contributed by atoms with Crippen LogP contribution >= 0.6 is 11.3 Å². The van der Waals surface area contributed by atoms with E-state index in [-0.39, 0.29) is 17.9 Å². The number of likely N-dealkylation sites (tertiary alicyclic amines) is 1. The Morgan fingerprint density at radius 2 is 1.85 bits per heavy atom. The van der Waals surface area contributed by atoms with E-state index in [1.54, 1.807) is 4.90 Å². The Hall–Kier alpha value is -2.34. The molecular formula is C20H25N3O2S. The summed E-state index contributed by atoms with van der Waals surface area (Å²) in [5.41, 5.74) is 1.30. The second kappa shape index (κ2) is 9.38. The molecule has 0 atom stereocenters. The molecule has 1 aromatic carbocycles. The number of carbonyl (C=O) groups excluding carboxylic acids is 2. The van der Waals surface area contributed by atoms with Crippen LogP contribution in [0.2, 0.25) is 0 Å². The zero-order valence-corrected chi connectivity index (χ0v) is 15.6. The molecule has 2 heterocycles. The second-order valence-electron chi connectivity index (χ2n) is 6.55. The van der Waals surface area contributed by atoms with Crippen molar-refractivity contribution < 1.29 is 9.59 Å². The Bertz CT molecular complexity index is 695. The maximum Gasteiger partial charge on any atom is 0.322 e. The third-order valence-electron chi connectivity index (χ3n) is 4.69. The predicted molar refractivity (Wildman–Crippen MR) is 105 cm³/mol. The van der Waals surface area contributed by atoms with Crippen LogP contribution < -0.4 is 10.6 Å². The number of carbonyl (C=O) groups is 2. The lowest BCUT2D eigenvalue weighted by Crippen LogP contribution is -2.44. The fraction of sp³-hybridized carbons (Fsp3) is 0.400. The number of benzene rings is 1. The van der Waals surface area contributed by atoms with E-state index in [1.807, 2.05) is 35.7 Å². The van der Waals surface area contributed by atoms with Crippen molar-refractivity contribution >= 4 is 28.3 Å². The third kappa shape index (κ3) is 5.33. The van der Waals surface area contributed by atoms with Gasteiger partial charge in [0.25, 0.3) is 0 Å². The number of amides is 3. The molecule has 0 radical (unpaired) electrons. The molecule has 3 rings (SSSR count). The van der Waals surface area contributed by atoms with Gasteiger partial charge < -0.3 is 10.2 Å². The van der Waals surface area contributed by atoms with Gasteiger partial charge in [0.1, 0.15) is 0 Å². The number of piperidine rings is 1. The molecule has 1 aromatic heterocycles. The van der Waals surface area contributed by atoms with Gasteiger partial charge in [-0.15, -0.1) is 11.3 Å². The lowest BCUT2D eigenvalue weighted by molar-refractivity contribution is -0.126. The number of hydrogen-bond donors (Lipinski definition) is 2. The lowest BCUT2D eigenvalue weighted by Gasteiger charge is -2.31. The minimum Gasteiger partial charge on any atom is -0.356 e. The first-order valence-electron chi connectivity index (χ1n) is 9.13. The highest BCUT2D eigenvalue weighted by molar-refractivity contribution is 7.14. The molecule has 1 aliphatic rings. The molecular weight excluding hydrogens is 346 g/mol. The molecule has 6 heteroatoms. The molecule has 0 unspecified atom stereocenters. The van der Waals surface area contributed by atoms with Crippen molar-refractivity contribution in [2.24, 2.45) is 5.92 Å². The molecule has 2 aromatic rings. The summed E-state index contributed by atoms with van der Waals surface area (Å²) in [6, 6.07) is 14.0. The molecule has 1 fully saturated rings. The molecule has 26 heavy (non-hydrogen) atoms. The average molecular weight is 372 g/mol. The smallest absolute Gasteiger partial charge is 0.322 e. The van der Waals surface area contributed by atoms with Crippen molar-refractivity contribution in [3.8, 4) is 0 Å². The van der Waals surface area contributed by atoms with Crippen LogP contribution in [-0.4, -0.2) is 36.5 Å². The van der Waals surface area contributed by atoms with Crippen LogP contribution in [0.4, 0.5) is 9.80 Å². The Labute approximate surface area is 158 Å². The number of rotatable bonds is 6. The van der Waals surface area contributed by atoms with E-state index in [9.17, 15) is 9.59 Å². The van der Waals surface area contributed by atoms with Crippen molar-refractivity contribution in [1.29, 1.82) is 0 Å². The highest BCUT2D eigenvalue weighted by Crippen LogP contribution is 2.20. The predicted octanol–water partition coefficient (Wildman–Crippen LogP) is 3.74. The summed E-state index contributed by atoms with van der Waals surface area (Å²) in [4.78, 5) is 26.3. The van der Waals surface area contributed by atoms with E-state index < -0.39 is 0 Å². The van der Waals surface area contributed by atoms with E-state index in [0.717, 1.165) is 30.7 Å². The Morgan fingerprint density at radius 1 is 1.08 bits per heavy atom. The molecule has 138 valence electrons. The van der Waals surface area contributed by atoms with Crippen molar-refractivity contribution in [3.05, 3.63) is 53.4 Å². The van der Waals surface area contributed by atoms with Gasteiger partial charge in [-0.2, -0.15) is 0 Å². The van der Waals surface area contributed by atoms with Gasteiger partial charge in [0.2, 0.25) is 5.91 Å². The lowest BCUT2D eigenvalue weighted by atomic mass is 9.96. The molecule has 1 aliphatic heterocycles. The topological polar surface area (TPSA) is 61.4 Å². The number of hydrogen-bond acceptors (Lipinski definition) is 3. The Kier molecular flexibility index (Phi) is 6.66. The van der Waals surface area contributed by atoms with Crippen molar-refractivity contribution in [3.63, 3.8) is 0 Å². The molecule has 1 saturated heterocycles. The summed E-state index contributed by atoms with van der Waals surface area (Å²) in [6.07, 6.45) is 3.37. The van der Waals surface area contributed by atoms with Gasteiger partial charge in [-0.1, -0.05) is 30.3 Å². The van der Waals surface area contributed by atoms with Gasteiger partial charge in [-0.3, -0.25) is 10.1 Å². The summed E-state index contributed by atoms with van der Waals surface area (Å²) < 4.78 is 0. The number of thiophene rings is 1. The second-order valence-corrected chi connectivity index (χ2v) is 7.50. The fourth-order valence-electron chi connectivity index (χ4n) is 3.17. The number of urea groups is 1. The number of anilines is 1. The quantitative estimate of drug-likeness (QED) is 0.760. The van der Waals surface area contributed by atoms with Gasteiger partial charge in [0.15, 0.2) is 0 Å². The minimum atomic E-state index is -0.0748. The van der Waals surface area contributed by atoms with Crippen molar-refractivity contribution in [1.82, 2.24) is 10.2 Å². The Morgan fingerprint density at radius 3 is 2.54 bits per heavy atom. The summed E-state index contributed by atoms with van der Waals surface area (Å²) in [7, 11) is 0. The Balaban J connectivity index is 1.33. The van der Waals surface area contributed by atoms with Crippen LogP contribution in [0.15, 0.2) is 47.8 Å². The fourth-order valence-corrected chi connectivity index (χ4v) is 3.78. The standard InChI is InChI=1S/C20H25N3O2S/c24-19(21-12-4-8-16-6-2-1-3-7-16)17-10-13-23(14-11-17)20(25)22-18-9-5-15-26-18/h1-3,5-7,9,15,17H,4,8,10-14H2,(H,21,24)(H,22,25). The first-order valence-corrected chi connectivity index (χ1v) is 10.0. The van der Waals surface area contributed by atoms with Gasteiger partial charge >= 0.3 is 6.03 Å².